The fourth-order valence-corrected chi connectivity index (χ4v) is 1.90. The van der Waals surface area contributed by atoms with Gasteiger partial charge in [-0.05, 0) is 29.8 Å². The molecule has 0 aromatic heterocycles. The van der Waals surface area contributed by atoms with E-state index in [1.165, 1.54) is 7.11 Å². The molecule has 0 aliphatic carbocycles. The number of carbonyl (C=O) groups is 2. The van der Waals surface area contributed by atoms with Gasteiger partial charge in [0, 0.05) is 17.7 Å². The standard InChI is InChI=1S/C17H14O5/c1-3-17(19)22-13-6-4-12(5-7-13)15-9-8-14(21-11-18)10-16(15)20-2/h3-11H,1H2,2H3. The zero-order valence-corrected chi connectivity index (χ0v) is 11.9. The first-order chi connectivity index (χ1) is 10.7. The molecule has 2 aromatic carbocycles. The summed E-state index contributed by atoms with van der Waals surface area (Å²) in [6.45, 7) is 3.70. The van der Waals surface area contributed by atoms with Gasteiger partial charge < -0.3 is 14.2 Å². The highest BCUT2D eigenvalue weighted by Crippen LogP contribution is 2.34. The molecule has 0 amide bonds. The van der Waals surface area contributed by atoms with Crippen LogP contribution in [0.5, 0.6) is 17.2 Å². The summed E-state index contributed by atoms with van der Waals surface area (Å²) in [6.07, 6.45) is 1.10. The average Bonchev–Trinajstić information content (AvgIpc) is 2.55. The SMILES string of the molecule is C=CC(=O)Oc1ccc(-c2ccc(OC=O)cc2OC)cc1. The third-order valence-electron chi connectivity index (χ3n) is 2.91. The second-order valence-electron chi connectivity index (χ2n) is 4.23. The molecule has 2 aromatic rings. The van der Waals surface area contributed by atoms with Crippen molar-refractivity contribution in [3.05, 3.63) is 55.1 Å². The van der Waals surface area contributed by atoms with E-state index in [9.17, 15) is 9.59 Å². The average molecular weight is 298 g/mol. The van der Waals surface area contributed by atoms with Crippen molar-refractivity contribution in [2.24, 2.45) is 0 Å². The van der Waals surface area contributed by atoms with Crippen LogP contribution in [0.4, 0.5) is 0 Å². The van der Waals surface area contributed by atoms with Gasteiger partial charge in [-0.1, -0.05) is 18.7 Å². The molecule has 0 fully saturated rings. The van der Waals surface area contributed by atoms with Gasteiger partial charge >= 0.3 is 5.97 Å². The fraction of sp³-hybridized carbons (Fsp3) is 0.0588. The van der Waals surface area contributed by atoms with Gasteiger partial charge in [0.1, 0.15) is 17.2 Å². The minimum atomic E-state index is -0.513. The van der Waals surface area contributed by atoms with Crippen LogP contribution in [0.3, 0.4) is 0 Å². The Labute approximate surface area is 127 Å². The van der Waals surface area contributed by atoms with Crippen molar-refractivity contribution >= 4 is 12.4 Å². The number of esters is 1. The van der Waals surface area contributed by atoms with E-state index >= 15 is 0 Å². The Bertz CT molecular complexity index is 689. The fourth-order valence-electron chi connectivity index (χ4n) is 1.90. The van der Waals surface area contributed by atoms with Crippen molar-refractivity contribution in [3.63, 3.8) is 0 Å². The molecule has 0 aliphatic rings. The summed E-state index contributed by atoms with van der Waals surface area (Å²) >= 11 is 0. The molecule has 0 saturated carbocycles. The molecule has 0 atom stereocenters. The largest absolute Gasteiger partial charge is 0.496 e. The van der Waals surface area contributed by atoms with E-state index in [0.29, 0.717) is 23.7 Å². The van der Waals surface area contributed by atoms with Crippen LogP contribution in [0.25, 0.3) is 11.1 Å². The summed E-state index contributed by atoms with van der Waals surface area (Å²) in [7, 11) is 1.53. The number of hydrogen-bond donors (Lipinski definition) is 0. The topological polar surface area (TPSA) is 61.8 Å². The molecule has 112 valence electrons. The Hall–Kier alpha value is -3.08. The summed E-state index contributed by atoms with van der Waals surface area (Å²) in [5.74, 6) is 0.872. The molecular weight excluding hydrogens is 284 g/mol. The molecule has 0 aliphatic heterocycles. The summed E-state index contributed by atoms with van der Waals surface area (Å²) < 4.78 is 15.1. The number of carbonyl (C=O) groups excluding carboxylic acids is 2. The first-order valence-electron chi connectivity index (χ1n) is 6.41. The van der Waals surface area contributed by atoms with Crippen LogP contribution in [-0.4, -0.2) is 19.6 Å². The minimum absolute atomic E-state index is 0.358. The lowest BCUT2D eigenvalue weighted by atomic mass is 10.0. The van der Waals surface area contributed by atoms with Crippen LogP contribution >= 0.6 is 0 Å². The number of hydrogen-bond acceptors (Lipinski definition) is 5. The summed E-state index contributed by atoms with van der Waals surface area (Å²) in [4.78, 5) is 21.5. The first-order valence-corrected chi connectivity index (χ1v) is 6.41. The van der Waals surface area contributed by atoms with Crippen LogP contribution in [0.15, 0.2) is 55.1 Å². The second-order valence-corrected chi connectivity index (χ2v) is 4.23. The zero-order valence-electron chi connectivity index (χ0n) is 11.9. The number of methoxy groups -OCH3 is 1. The number of rotatable bonds is 6. The van der Waals surface area contributed by atoms with Crippen LogP contribution in [-0.2, 0) is 9.59 Å². The minimum Gasteiger partial charge on any atom is -0.496 e. The first kappa shape index (κ1) is 15.3. The van der Waals surface area contributed by atoms with Gasteiger partial charge in [0.25, 0.3) is 6.47 Å². The molecule has 0 saturated heterocycles. The molecule has 0 N–H and O–H groups in total. The Morgan fingerprint density at radius 1 is 1.09 bits per heavy atom. The van der Waals surface area contributed by atoms with E-state index in [1.54, 1.807) is 42.5 Å². The van der Waals surface area contributed by atoms with Crippen molar-refractivity contribution in [1.82, 2.24) is 0 Å². The van der Waals surface area contributed by atoms with E-state index in [2.05, 4.69) is 6.58 Å². The predicted molar refractivity (Wildman–Crippen MR) is 81.0 cm³/mol. The third kappa shape index (κ3) is 3.52. The lowest BCUT2D eigenvalue weighted by Crippen LogP contribution is -2.02. The Morgan fingerprint density at radius 3 is 2.36 bits per heavy atom. The lowest BCUT2D eigenvalue weighted by Gasteiger charge is -2.10. The molecule has 2 rings (SSSR count). The highest BCUT2D eigenvalue weighted by atomic mass is 16.5. The van der Waals surface area contributed by atoms with Gasteiger partial charge in [-0.2, -0.15) is 0 Å². The van der Waals surface area contributed by atoms with E-state index < -0.39 is 5.97 Å². The predicted octanol–water partition coefficient (Wildman–Crippen LogP) is 2.99. The van der Waals surface area contributed by atoms with E-state index in [4.69, 9.17) is 14.2 Å². The number of ether oxygens (including phenoxy) is 3. The normalized spacial score (nSPS) is 9.68. The van der Waals surface area contributed by atoms with Crippen molar-refractivity contribution < 1.29 is 23.8 Å². The summed E-state index contributed by atoms with van der Waals surface area (Å²) in [5.41, 5.74) is 1.69. The summed E-state index contributed by atoms with van der Waals surface area (Å²) in [5, 5.41) is 0. The molecule has 0 spiro atoms. The van der Waals surface area contributed by atoms with Crippen molar-refractivity contribution in [1.29, 1.82) is 0 Å². The third-order valence-corrected chi connectivity index (χ3v) is 2.91. The van der Waals surface area contributed by atoms with Crippen LogP contribution in [0.1, 0.15) is 0 Å². The lowest BCUT2D eigenvalue weighted by molar-refractivity contribution is -0.129. The van der Waals surface area contributed by atoms with Gasteiger partial charge in [0.05, 0.1) is 7.11 Å². The van der Waals surface area contributed by atoms with Crippen LogP contribution in [0.2, 0.25) is 0 Å². The molecule has 22 heavy (non-hydrogen) atoms. The van der Waals surface area contributed by atoms with E-state index in [0.717, 1.165) is 17.2 Å². The molecular formula is C17H14O5. The molecule has 0 bridgehead atoms. The van der Waals surface area contributed by atoms with Gasteiger partial charge in [0.15, 0.2) is 0 Å². The van der Waals surface area contributed by atoms with Gasteiger partial charge in [0.2, 0.25) is 0 Å². The van der Waals surface area contributed by atoms with Gasteiger partial charge in [-0.15, -0.1) is 0 Å². The molecule has 0 radical (unpaired) electrons. The van der Waals surface area contributed by atoms with E-state index in [1.807, 2.05) is 0 Å². The molecule has 5 heteroatoms. The van der Waals surface area contributed by atoms with E-state index in [-0.39, 0.29) is 0 Å². The van der Waals surface area contributed by atoms with Gasteiger partial charge in [-0.25, -0.2) is 4.79 Å². The van der Waals surface area contributed by atoms with Crippen molar-refractivity contribution in [3.8, 4) is 28.4 Å². The molecule has 0 unspecified atom stereocenters. The van der Waals surface area contributed by atoms with Crippen molar-refractivity contribution in [2.45, 2.75) is 0 Å². The Kier molecular flexibility index (Phi) is 4.93. The second kappa shape index (κ2) is 7.08. The highest BCUT2D eigenvalue weighted by Gasteiger charge is 2.08. The highest BCUT2D eigenvalue weighted by molar-refractivity contribution is 5.83. The monoisotopic (exact) mass is 298 g/mol. The maximum absolute atomic E-state index is 11.1. The smallest absolute Gasteiger partial charge is 0.335 e. The quantitative estimate of drug-likeness (QED) is 0.355. The summed E-state index contributed by atoms with van der Waals surface area (Å²) in [6, 6.07) is 12.0. The molecule has 0 heterocycles. The van der Waals surface area contributed by atoms with Crippen molar-refractivity contribution in [2.75, 3.05) is 7.11 Å². The Balaban J connectivity index is 2.29. The number of benzene rings is 2. The van der Waals surface area contributed by atoms with Crippen LogP contribution in [0, 0.1) is 0 Å². The maximum atomic E-state index is 11.1. The maximum Gasteiger partial charge on any atom is 0.335 e. The Morgan fingerprint density at radius 2 is 1.77 bits per heavy atom. The van der Waals surface area contributed by atoms with Gasteiger partial charge in [-0.3, -0.25) is 4.79 Å². The van der Waals surface area contributed by atoms with Crippen LogP contribution < -0.4 is 14.2 Å². The molecule has 5 nitrogen and oxygen atoms in total. The zero-order chi connectivity index (χ0) is 15.9.